The van der Waals surface area contributed by atoms with Gasteiger partial charge >= 0.3 is 6.09 Å². The molecule has 1 N–H and O–H groups in total. The van der Waals surface area contributed by atoms with Crippen LogP contribution in [0.25, 0.3) is 0 Å². The van der Waals surface area contributed by atoms with Crippen LogP contribution in [0.2, 0.25) is 5.28 Å². The van der Waals surface area contributed by atoms with E-state index in [1.807, 2.05) is 20.8 Å². The maximum absolute atomic E-state index is 11.9. The second kappa shape index (κ2) is 5.83. The number of halogens is 1. The predicted molar refractivity (Wildman–Crippen MR) is 76.9 cm³/mol. The Labute approximate surface area is 123 Å². The molecule has 7 heteroatoms. The first-order chi connectivity index (χ1) is 9.33. The fourth-order valence-corrected chi connectivity index (χ4v) is 2.14. The molecule has 1 aromatic heterocycles. The van der Waals surface area contributed by atoms with Gasteiger partial charge in [-0.15, -0.1) is 0 Å². The summed E-state index contributed by atoms with van der Waals surface area (Å²) in [4.78, 5) is 21.5. The minimum Gasteiger partial charge on any atom is -0.444 e. The van der Waals surface area contributed by atoms with E-state index in [1.54, 1.807) is 17.2 Å². The number of aromatic nitrogens is 2. The number of nitrogens with one attached hydrogen (secondary N) is 1. The summed E-state index contributed by atoms with van der Waals surface area (Å²) < 4.78 is 5.35. The molecule has 0 aromatic carbocycles. The van der Waals surface area contributed by atoms with Gasteiger partial charge in [0.05, 0.1) is 0 Å². The molecule has 1 aromatic rings. The van der Waals surface area contributed by atoms with E-state index < -0.39 is 5.60 Å². The van der Waals surface area contributed by atoms with E-state index in [1.165, 1.54) is 0 Å². The summed E-state index contributed by atoms with van der Waals surface area (Å²) in [5.74, 6) is 0.668. The van der Waals surface area contributed by atoms with Crippen molar-refractivity contribution in [2.24, 2.45) is 0 Å². The number of anilines is 1. The first-order valence-corrected chi connectivity index (χ1v) is 6.94. The molecular formula is C13H19ClN4O2. The van der Waals surface area contributed by atoms with Crippen LogP contribution >= 0.6 is 11.6 Å². The summed E-state index contributed by atoms with van der Waals surface area (Å²) in [6.07, 6.45) is 2.17. The smallest absolute Gasteiger partial charge is 0.410 e. The van der Waals surface area contributed by atoms with Gasteiger partial charge in [-0.1, -0.05) is 0 Å². The van der Waals surface area contributed by atoms with Crippen LogP contribution in [0.4, 0.5) is 10.6 Å². The number of nitrogens with zero attached hydrogens (tertiary/aromatic N) is 3. The van der Waals surface area contributed by atoms with Gasteiger partial charge in [-0.05, 0) is 44.9 Å². The minimum atomic E-state index is -0.469. The Morgan fingerprint density at radius 2 is 2.30 bits per heavy atom. The van der Waals surface area contributed by atoms with Crippen molar-refractivity contribution in [2.45, 2.75) is 38.8 Å². The van der Waals surface area contributed by atoms with Crippen molar-refractivity contribution in [3.05, 3.63) is 17.5 Å². The lowest BCUT2D eigenvalue weighted by molar-refractivity contribution is 0.0293. The Balaban J connectivity index is 1.88. The quantitative estimate of drug-likeness (QED) is 0.850. The van der Waals surface area contributed by atoms with E-state index in [4.69, 9.17) is 16.3 Å². The molecule has 1 amide bonds. The van der Waals surface area contributed by atoms with Crippen LogP contribution in [-0.2, 0) is 4.74 Å². The van der Waals surface area contributed by atoms with Crippen molar-refractivity contribution >= 4 is 23.5 Å². The lowest BCUT2D eigenvalue weighted by Crippen LogP contribution is -2.36. The van der Waals surface area contributed by atoms with Gasteiger partial charge in [0, 0.05) is 25.3 Å². The van der Waals surface area contributed by atoms with E-state index in [0.29, 0.717) is 18.9 Å². The monoisotopic (exact) mass is 298 g/mol. The van der Waals surface area contributed by atoms with Gasteiger partial charge in [-0.3, -0.25) is 0 Å². The first-order valence-electron chi connectivity index (χ1n) is 6.56. The average molecular weight is 299 g/mol. The summed E-state index contributed by atoms with van der Waals surface area (Å²) in [5, 5.41) is 3.45. The summed E-state index contributed by atoms with van der Waals surface area (Å²) >= 11 is 5.74. The predicted octanol–water partition coefficient (Wildman–Crippen LogP) is 2.55. The van der Waals surface area contributed by atoms with Crippen LogP contribution in [0.15, 0.2) is 12.3 Å². The van der Waals surface area contributed by atoms with Crippen molar-refractivity contribution in [3.63, 3.8) is 0 Å². The van der Waals surface area contributed by atoms with Crippen LogP contribution in [0.3, 0.4) is 0 Å². The number of carbonyl (C=O) groups excluding carboxylic acids is 1. The number of hydrogen-bond acceptors (Lipinski definition) is 5. The van der Waals surface area contributed by atoms with Gasteiger partial charge in [0.25, 0.3) is 0 Å². The lowest BCUT2D eigenvalue weighted by Gasteiger charge is -2.24. The fourth-order valence-electron chi connectivity index (χ4n) is 1.99. The van der Waals surface area contributed by atoms with Gasteiger partial charge in [-0.2, -0.15) is 0 Å². The molecule has 0 unspecified atom stereocenters. The van der Waals surface area contributed by atoms with Crippen LogP contribution in [0.5, 0.6) is 0 Å². The lowest BCUT2D eigenvalue weighted by atomic mass is 10.2. The molecule has 0 bridgehead atoms. The molecule has 0 aliphatic carbocycles. The van der Waals surface area contributed by atoms with Crippen molar-refractivity contribution in [2.75, 3.05) is 18.4 Å². The molecule has 2 rings (SSSR count). The topological polar surface area (TPSA) is 67.3 Å². The Kier molecular flexibility index (Phi) is 4.32. The largest absolute Gasteiger partial charge is 0.444 e. The summed E-state index contributed by atoms with van der Waals surface area (Å²) in [6, 6.07) is 1.90. The number of ether oxygens (including phenoxy) is 1. The Bertz CT molecular complexity index is 490. The Morgan fingerprint density at radius 3 is 2.95 bits per heavy atom. The van der Waals surface area contributed by atoms with E-state index in [2.05, 4.69) is 15.3 Å². The van der Waals surface area contributed by atoms with Gasteiger partial charge in [-0.25, -0.2) is 14.8 Å². The highest BCUT2D eigenvalue weighted by Gasteiger charge is 2.29. The molecule has 1 atom stereocenters. The maximum atomic E-state index is 11.9. The third-order valence-corrected chi connectivity index (χ3v) is 3.00. The van der Waals surface area contributed by atoms with Crippen molar-refractivity contribution in [1.29, 1.82) is 0 Å². The molecule has 0 spiro atoms. The SMILES string of the molecule is CC(C)(C)OC(=O)N1CC[C@H](Nc2ccnc(Cl)n2)C1. The summed E-state index contributed by atoms with van der Waals surface area (Å²) in [5.41, 5.74) is -0.469. The van der Waals surface area contributed by atoms with Crippen LogP contribution in [0.1, 0.15) is 27.2 Å². The van der Waals surface area contributed by atoms with Crippen LogP contribution < -0.4 is 5.32 Å². The second-order valence-corrected chi connectivity index (χ2v) is 6.11. The molecule has 20 heavy (non-hydrogen) atoms. The molecule has 1 fully saturated rings. The van der Waals surface area contributed by atoms with Crippen molar-refractivity contribution in [1.82, 2.24) is 14.9 Å². The highest BCUT2D eigenvalue weighted by Crippen LogP contribution is 2.18. The van der Waals surface area contributed by atoms with Crippen LogP contribution in [-0.4, -0.2) is 45.7 Å². The molecule has 1 saturated heterocycles. The highest BCUT2D eigenvalue weighted by molar-refractivity contribution is 6.28. The standard InChI is InChI=1S/C13H19ClN4O2/c1-13(2,3)20-12(19)18-7-5-9(8-18)16-10-4-6-15-11(14)17-10/h4,6,9H,5,7-8H2,1-3H3,(H,15,16,17)/t9-/m0/s1. The fraction of sp³-hybridized carbons (Fsp3) is 0.615. The van der Waals surface area contributed by atoms with Gasteiger partial charge < -0.3 is 15.0 Å². The summed E-state index contributed by atoms with van der Waals surface area (Å²) in [6.45, 7) is 6.85. The number of hydrogen-bond donors (Lipinski definition) is 1. The highest BCUT2D eigenvalue weighted by atomic mass is 35.5. The maximum Gasteiger partial charge on any atom is 0.410 e. The normalized spacial score (nSPS) is 19.0. The molecular weight excluding hydrogens is 280 g/mol. The third kappa shape index (κ3) is 4.23. The zero-order valence-corrected chi connectivity index (χ0v) is 12.6. The zero-order valence-electron chi connectivity index (χ0n) is 11.9. The number of likely N-dealkylation sites (tertiary alicyclic amines) is 1. The number of rotatable bonds is 2. The van der Waals surface area contributed by atoms with Crippen LogP contribution in [0, 0.1) is 0 Å². The number of amides is 1. The molecule has 0 radical (unpaired) electrons. The molecule has 0 saturated carbocycles. The van der Waals surface area contributed by atoms with Crippen molar-refractivity contribution in [3.8, 4) is 0 Å². The molecule has 1 aliphatic heterocycles. The van der Waals surface area contributed by atoms with E-state index in [9.17, 15) is 4.79 Å². The van der Waals surface area contributed by atoms with Gasteiger partial charge in [0.15, 0.2) is 0 Å². The molecule has 110 valence electrons. The molecule has 2 heterocycles. The third-order valence-electron chi connectivity index (χ3n) is 2.82. The molecule has 6 nitrogen and oxygen atoms in total. The Morgan fingerprint density at radius 1 is 1.55 bits per heavy atom. The van der Waals surface area contributed by atoms with E-state index in [-0.39, 0.29) is 17.4 Å². The minimum absolute atomic E-state index is 0.147. The Hall–Kier alpha value is -1.56. The van der Waals surface area contributed by atoms with E-state index in [0.717, 1.165) is 6.42 Å². The van der Waals surface area contributed by atoms with Gasteiger partial charge in [0.1, 0.15) is 11.4 Å². The number of carbonyl (C=O) groups is 1. The van der Waals surface area contributed by atoms with Gasteiger partial charge in [0.2, 0.25) is 5.28 Å². The molecule has 1 aliphatic rings. The van der Waals surface area contributed by atoms with Crippen molar-refractivity contribution < 1.29 is 9.53 Å². The zero-order chi connectivity index (χ0) is 14.8. The average Bonchev–Trinajstić information content (AvgIpc) is 2.75. The first kappa shape index (κ1) is 14.8. The van der Waals surface area contributed by atoms with E-state index >= 15 is 0 Å². The summed E-state index contributed by atoms with van der Waals surface area (Å²) in [7, 11) is 0. The second-order valence-electron chi connectivity index (χ2n) is 5.77.